The second-order valence-corrected chi connectivity index (χ2v) is 4.64. The first-order valence-corrected chi connectivity index (χ1v) is 5.85. The molecule has 0 radical (unpaired) electrons. The van der Waals surface area contributed by atoms with Crippen LogP contribution in [-0.2, 0) is 6.42 Å². The summed E-state index contributed by atoms with van der Waals surface area (Å²) in [5.41, 5.74) is 3.77. The Hall–Kier alpha value is -1.28. The molecule has 1 heterocycles. The van der Waals surface area contributed by atoms with Gasteiger partial charge >= 0.3 is 0 Å². The highest BCUT2D eigenvalue weighted by Gasteiger charge is 2.10. The van der Waals surface area contributed by atoms with E-state index in [0.29, 0.717) is 6.04 Å². The summed E-state index contributed by atoms with van der Waals surface area (Å²) < 4.78 is 2.31. The van der Waals surface area contributed by atoms with Crippen LogP contribution in [0.15, 0.2) is 24.3 Å². The molecule has 0 aliphatic rings. The number of fused-ring (bicyclic) bond motifs is 1. The number of aliphatic hydroxyl groups excluding tert-OH is 1. The molecule has 2 heteroatoms. The second-order valence-electron chi connectivity index (χ2n) is 4.64. The first-order chi connectivity index (χ1) is 7.63. The number of hydrogen-bond donors (Lipinski definition) is 1. The van der Waals surface area contributed by atoms with Crippen LogP contribution in [0.3, 0.4) is 0 Å². The largest absolute Gasteiger partial charge is 0.396 e. The standard InChI is InChI=1S/C14H19NO/c1-10(2)15-13(6-7-16)9-12-8-11(3)4-5-14(12)15/h4-5,8-10,16H,6-7H2,1-3H3. The maximum atomic E-state index is 9.09. The molecule has 16 heavy (non-hydrogen) atoms. The summed E-state index contributed by atoms with van der Waals surface area (Å²) in [6.07, 6.45) is 0.728. The Morgan fingerprint density at radius 3 is 2.62 bits per heavy atom. The molecule has 2 nitrogen and oxygen atoms in total. The molecule has 0 atom stereocenters. The first kappa shape index (κ1) is 11.2. The van der Waals surface area contributed by atoms with Crippen LogP contribution in [0.1, 0.15) is 31.1 Å². The van der Waals surface area contributed by atoms with Gasteiger partial charge < -0.3 is 9.67 Å². The topological polar surface area (TPSA) is 25.2 Å². The van der Waals surface area contributed by atoms with Crippen LogP contribution < -0.4 is 0 Å². The molecule has 0 bridgehead atoms. The van der Waals surface area contributed by atoms with Gasteiger partial charge in [0.2, 0.25) is 0 Å². The van der Waals surface area contributed by atoms with E-state index in [4.69, 9.17) is 5.11 Å². The van der Waals surface area contributed by atoms with Gasteiger partial charge in [0.05, 0.1) is 0 Å². The molecule has 0 unspecified atom stereocenters. The smallest absolute Gasteiger partial charge is 0.0485 e. The highest BCUT2D eigenvalue weighted by molar-refractivity contribution is 5.82. The van der Waals surface area contributed by atoms with Crippen molar-refractivity contribution in [2.45, 2.75) is 33.2 Å². The molecule has 2 rings (SSSR count). The molecule has 0 saturated heterocycles. The fourth-order valence-electron chi connectivity index (χ4n) is 2.33. The summed E-state index contributed by atoms with van der Waals surface area (Å²) in [6, 6.07) is 9.14. The van der Waals surface area contributed by atoms with Gasteiger partial charge in [-0.15, -0.1) is 0 Å². The molecule has 1 N–H and O–H groups in total. The van der Waals surface area contributed by atoms with Gasteiger partial charge in [-0.1, -0.05) is 11.6 Å². The van der Waals surface area contributed by atoms with E-state index in [2.05, 4.69) is 49.6 Å². The minimum atomic E-state index is 0.210. The predicted octanol–water partition coefficient (Wildman–Crippen LogP) is 3.07. The van der Waals surface area contributed by atoms with Crippen LogP contribution in [0.25, 0.3) is 10.9 Å². The number of benzene rings is 1. The van der Waals surface area contributed by atoms with E-state index in [9.17, 15) is 0 Å². The van der Waals surface area contributed by atoms with E-state index in [1.54, 1.807) is 0 Å². The minimum Gasteiger partial charge on any atom is -0.396 e. The lowest BCUT2D eigenvalue weighted by atomic mass is 10.2. The molecule has 2 aromatic rings. The average molecular weight is 217 g/mol. The second kappa shape index (κ2) is 4.30. The summed E-state index contributed by atoms with van der Waals surface area (Å²) in [6.45, 7) is 6.68. The van der Waals surface area contributed by atoms with Gasteiger partial charge in [-0.3, -0.25) is 0 Å². The van der Waals surface area contributed by atoms with E-state index in [0.717, 1.165) is 6.42 Å². The lowest BCUT2D eigenvalue weighted by Crippen LogP contribution is -2.06. The van der Waals surface area contributed by atoms with Gasteiger partial charge in [0.25, 0.3) is 0 Å². The van der Waals surface area contributed by atoms with Crippen molar-refractivity contribution in [1.29, 1.82) is 0 Å². The van der Waals surface area contributed by atoms with E-state index in [1.807, 2.05) is 0 Å². The van der Waals surface area contributed by atoms with Gasteiger partial charge in [-0.25, -0.2) is 0 Å². The fraction of sp³-hybridized carbons (Fsp3) is 0.429. The third kappa shape index (κ3) is 1.85. The molecule has 0 aliphatic heterocycles. The third-order valence-corrected chi connectivity index (χ3v) is 2.96. The number of aromatic nitrogens is 1. The van der Waals surface area contributed by atoms with Crippen LogP contribution >= 0.6 is 0 Å². The molecule has 0 spiro atoms. The van der Waals surface area contributed by atoms with Crippen LogP contribution in [0, 0.1) is 6.92 Å². The number of hydrogen-bond acceptors (Lipinski definition) is 1. The SMILES string of the molecule is Cc1ccc2c(c1)cc(CCO)n2C(C)C. The van der Waals surface area contributed by atoms with Gasteiger partial charge in [-0.2, -0.15) is 0 Å². The first-order valence-electron chi connectivity index (χ1n) is 5.85. The fourth-order valence-corrected chi connectivity index (χ4v) is 2.33. The van der Waals surface area contributed by atoms with Gasteiger partial charge in [0.15, 0.2) is 0 Å². The zero-order chi connectivity index (χ0) is 11.7. The van der Waals surface area contributed by atoms with Crippen molar-refractivity contribution in [1.82, 2.24) is 4.57 Å². The molecule has 1 aromatic heterocycles. The van der Waals surface area contributed by atoms with Crippen LogP contribution in [-0.4, -0.2) is 16.3 Å². The maximum absolute atomic E-state index is 9.09. The highest BCUT2D eigenvalue weighted by Crippen LogP contribution is 2.25. The van der Waals surface area contributed by atoms with Crippen LogP contribution in [0.2, 0.25) is 0 Å². The van der Waals surface area contributed by atoms with E-state index < -0.39 is 0 Å². The number of aryl methyl sites for hydroxylation is 1. The molecule has 0 amide bonds. The Morgan fingerprint density at radius 2 is 2.00 bits per heavy atom. The van der Waals surface area contributed by atoms with E-state index >= 15 is 0 Å². The summed E-state index contributed by atoms with van der Waals surface area (Å²) >= 11 is 0. The normalized spacial score (nSPS) is 11.6. The molecule has 0 aliphatic carbocycles. The predicted molar refractivity (Wildman–Crippen MR) is 67.8 cm³/mol. The van der Waals surface area contributed by atoms with Gasteiger partial charge in [-0.05, 0) is 39.0 Å². The minimum absolute atomic E-state index is 0.210. The Morgan fingerprint density at radius 1 is 1.25 bits per heavy atom. The lowest BCUT2D eigenvalue weighted by Gasteiger charge is -2.14. The summed E-state index contributed by atoms with van der Waals surface area (Å²) in [7, 11) is 0. The number of nitrogens with zero attached hydrogens (tertiary/aromatic N) is 1. The average Bonchev–Trinajstić information content (AvgIpc) is 2.55. The monoisotopic (exact) mass is 217 g/mol. The zero-order valence-corrected chi connectivity index (χ0v) is 10.2. The van der Waals surface area contributed by atoms with Crippen molar-refractivity contribution in [2.75, 3.05) is 6.61 Å². The van der Waals surface area contributed by atoms with Gasteiger partial charge in [0.1, 0.15) is 0 Å². The Balaban J connectivity index is 2.65. The molecule has 0 saturated carbocycles. The van der Waals surface area contributed by atoms with Crippen molar-refractivity contribution in [3.05, 3.63) is 35.5 Å². The Kier molecular flexibility index (Phi) is 3.01. The maximum Gasteiger partial charge on any atom is 0.0485 e. The lowest BCUT2D eigenvalue weighted by molar-refractivity contribution is 0.296. The molecular formula is C14H19NO. The Bertz CT molecular complexity index is 497. The van der Waals surface area contributed by atoms with Crippen LogP contribution in [0.5, 0.6) is 0 Å². The van der Waals surface area contributed by atoms with Crippen molar-refractivity contribution >= 4 is 10.9 Å². The highest BCUT2D eigenvalue weighted by atomic mass is 16.3. The zero-order valence-electron chi connectivity index (χ0n) is 10.2. The summed E-state index contributed by atoms with van der Waals surface area (Å²) in [5, 5.41) is 10.4. The van der Waals surface area contributed by atoms with Crippen molar-refractivity contribution in [3.63, 3.8) is 0 Å². The van der Waals surface area contributed by atoms with Crippen molar-refractivity contribution < 1.29 is 5.11 Å². The van der Waals surface area contributed by atoms with E-state index in [-0.39, 0.29) is 6.61 Å². The summed E-state index contributed by atoms with van der Waals surface area (Å²) in [5.74, 6) is 0. The number of rotatable bonds is 3. The molecule has 86 valence electrons. The quantitative estimate of drug-likeness (QED) is 0.839. The van der Waals surface area contributed by atoms with Crippen LogP contribution in [0.4, 0.5) is 0 Å². The number of aliphatic hydroxyl groups is 1. The van der Waals surface area contributed by atoms with Crippen molar-refractivity contribution in [3.8, 4) is 0 Å². The summed E-state index contributed by atoms with van der Waals surface area (Å²) in [4.78, 5) is 0. The molecule has 1 aromatic carbocycles. The third-order valence-electron chi connectivity index (χ3n) is 2.96. The van der Waals surface area contributed by atoms with Crippen molar-refractivity contribution in [2.24, 2.45) is 0 Å². The Labute approximate surface area is 96.5 Å². The molecule has 0 fully saturated rings. The van der Waals surface area contributed by atoms with Gasteiger partial charge in [0, 0.05) is 35.7 Å². The molecular weight excluding hydrogens is 198 g/mol. The van der Waals surface area contributed by atoms with E-state index in [1.165, 1.54) is 22.2 Å².